The van der Waals surface area contributed by atoms with E-state index in [4.69, 9.17) is 15.2 Å². The van der Waals surface area contributed by atoms with E-state index in [1.165, 1.54) is 16.7 Å². The maximum Gasteiger partial charge on any atom is 0.356 e. The molecule has 2 aliphatic heterocycles. The number of hydrogen-bond acceptors (Lipinski definition) is 7. The lowest BCUT2D eigenvalue weighted by Gasteiger charge is -2.48. The molecular formula is C26H26N2O5S. The highest BCUT2D eigenvalue weighted by molar-refractivity contribution is 8.00. The minimum Gasteiger partial charge on any atom is -0.458 e. The summed E-state index contributed by atoms with van der Waals surface area (Å²) in [5.41, 5.74) is 8.65. The summed E-state index contributed by atoms with van der Waals surface area (Å²) in [6.45, 7) is 3.28. The number of amides is 1. The fraction of sp³-hybridized carbons (Fsp3) is 0.269. The molecule has 0 spiro atoms. The molecule has 1 amide bonds. The molecule has 0 radical (unpaired) electrons. The summed E-state index contributed by atoms with van der Waals surface area (Å²) in [4.78, 5) is 39.7. The van der Waals surface area contributed by atoms with Gasteiger partial charge in [-0.3, -0.25) is 9.69 Å². The van der Waals surface area contributed by atoms with Gasteiger partial charge in [0.25, 0.3) is 0 Å². The molecule has 1 fully saturated rings. The summed E-state index contributed by atoms with van der Waals surface area (Å²) in [7, 11) is 0. The minimum absolute atomic E-state index is 0.109. The molecule has 2 aromatic carbocycles. The smallest absolute Gasteiger partial charge is 0.356 e. The van der Waals surface area contributed by atoms with Gasteiger partial charge in [0, 0.05) is 16.9 Å². The predicted molar refractivity (Wildman–Crippen MR) is 129 cm³/mol. The standard InChI is InChI=1S/C26H26N2O5S/c1-3-16(2)25(30)32-14-19-15-34-24-20(27)23(29)28(24)21(19)26(31)33-22(17-10-6-4-7-11-17)18-12-8-5-9-13-18/h3-13,20,22,24H,14-15,27H2,1-2H3/t20-,24-/m1/s1. The van der Waals surface area contributed by atoms with Crippen molar-refractivity contribution in [3.63, 3.8) is 0 Å². The third-order valence-corrected chi connectivity index (χ3v) is 7.20. The second-order valence-electron chi connectivity index (χ2n) is 8.04. The molecule has 0 aromatic heterocycles. The average Bonchev–Trinajstić information content (AvgIpc) is 2.89. The van der Waals surface area contributed by atoms with Crippen LogP contribution in [-0.4, -0.2) is 46.5 Å². The Morgan fingerprint density at radius 1 is 1.12 bits per heavy atom. The topological polar surface area (TPSA) is 98.9 Å². The quantitative estimate of drug-likeness (QED) is 0.370. The monoisotopic (exact) mass is 478 g/mol. The molecule has 4 rings (SSSR count). The lowest BCUT2D eigenvalue weighted by molar-refractivity contribution is -0.153. The van der Waals surface area contributed by atoms with E-state index in [-0.39, 0.29) is 23.6 Å². The number of esters is 2. The molecule has 1 saturated heterocycles. The van der Waals surface area contributed by atoms with E-state index < -0.39 is 24.1 Å². The van der Waals surface area contributed by atoms with Crippen LogP contribution in [0.25, 0.3) is 0 Å². The maximum atomic E-state index is 13.6. The van der Waals surface area contributed by atoms with Crippen LogP contribution in [0.1, 0.15) is 31.1 Å². The van der Waals surface area contributed by atoms with Crippen molar-refractivity contribution in [3.05, 3.63) is 94.7 Å². The number of rotatable bonds is 7. The summed E-state index contributed by atoms with van der Waals surface area (Å²) < 4.78 is 11.4. The van der Waals surface area contributed by atoms with Crippen LogP contribution in [0.2, 0.25) is 0 Å². The number of benzene rings is 2. The van der Waals surface area contributed by atoms with Gasteiger partial charge in [-0.1, -0.05) is 66.7 Å². The fourth-order valence-electron chi connectivity index (χ4n) is 3.81. The second-order valence-corrected chi connectivity index (χ2v) is 9.15. The lowest BCUT2D eigenvalue weighted by Crippen LogP contribution is -2.68. The van der Waals surface area contributed by atoms with E-state index in [0.29, 0.717) is 16.9 Å². The SMILES string of the molecule is CC=C(C)C(=O)OCC1=C(C(=O)OC(c2ccccc2)c2ccccc2)N2C(=O)[C@@H](N)[C@H]2SC1. The number of thioether (sulfide) groups is 1. The molecule has 8 heteroatoms. The molecule has 0 bridgehead atoms. The number of fused-ring (bicyclic) bond motifs is 1. The first-order valence-electron chi connectivity index (χ1n) is 11.0. The predicted octanol–water partition coefficient (Wildman–Crippen LogP) is 3.33. The fourth-order valence-corrected chi connectivity index (χ4v) is 5.08. The van der Waals surface area contributed by atoms with E-state index >= 15 is 0 Å². The van der Waals surface area contributed by atoms with Crippen LogP contribution in [0.4, 0.5) is 0 Å². The van der Waals surface area contributed by atoms with Crippen molar-refractivity contribution >= 4 is 29.6 Å². The van der Waals surface area contributed by atoms with Gasteiger partial charge in [0.15, 0.2) is 6.10 Å². The van der Waals surface area contributed by atoms with Crippen molar-refractivity contribution in [1.82, 2.24) is 4.90 Å². The Kier molecular flexibility index (Phi) is 7.19. The summed E-state index contributed by atoms with van der Waals surface area (Å²) in [5.74, 6) is -1.09. The van der Waals surface area contributed by atoms with Gasteiger partial charge in [0.05, 0.1) is 0 Å². The molecule has 0 unspecified atom stereocenters. The van der Waals surface area contributed by atoms with Gasteiger partial charge in [-0.2, -0.15) is 0 Å². The van der Waals surface area contributed by atoms with E-state index in [0.717, 1.165) is 11.1 Å². The summed E-state index contributed by atoms with van der Waals surface area (Å²) in [6, 6.07) is 18.1. The normalized spacial score (nSPS) is 20.1. The van der Waals surface area contributed by atoms with Crippen LogP contribution in [0, 0.1) is 0 Å². The number of carbonyl (C=O) groups excluding carboxylic acids is 3. The third-order valence-electron chi connectivity index (χ3n) is 5.84. The van der Waals surface area contributed by atoms with Gasteiger partial charge in [-0.05, 0) is 25.0 Å². The zero-order valence-corrected chi connectivity index (χ0v) is 19.8. The van der Waals surface area contributed by atoms with E-state index in [9.17, 15) is 14.4 Å². The molecule has 2 aliphatic rings. The van der Waals surface area contributed by atoms with Crippen molar-refractivity contribution in [2.75, 3.05) is 12.4 Å². The summed E-state index contributed by atoms with van der Waals surface area (Å²) in [5, 5.41) is -0.348. The maximum absolute atomic E-state index is 13.6. The van der Waals surface area contributed by atoms with Crippen molar-refractivity contribution in [3.8, 4) is 0 Å². The van der Waals surface area contributed by atoms with Gasteiger partial charge in [-0.25, -0.2) is 9.59 Å². The Morgan fingerprint density at radius 2 is 1.71 bits per heavy atom. The summed E-state index contributed by atoms with van der Waals surface area (Å²) in [6.07, 6.45) is 0.981. The largest absolute Gasteiger partial charge is 0.458 e. The highest BCUT2D eigenvalue weighted by atomic mass is 32.2. The van der Waals surface area contributed by atoms with Crippen molar-refractivity contribution < 1.29 is 23.9 Å². The van der Waals surface area contributed by atoms with Gasteiger partial charge in [0.1, 0.15) is 23.7 Å². The van der Waals surface area contributed by atoms with Crippen LogP contribution < -0.4 is 5.73 Å². The molecular weight excluding hydrogens is 452 g/mol. The highest BCUT2D eigenvalue weighted by Gasteiger charge is 2.52. The van der Waals surface area contributed by atoms with E-state index in [1.807, 2.05) is 60.7 Å². The van der Waals surface area contributed by atoms with Crippen LogP contribution in [0.3, 0.4) is 0 Å². The third kappa shape index (κ3) is 4.64. The average molecular weight is 479 g/mol. The molecule has 2 heterocycles. The van der Waals surface area contributed by atoms with Crippen molar-refractivity contribution in [1.29, 1.82) is 0 Å². The molecule has 176 valence electrons. The zero-order valence-electron chi connectivity index (χ0n) is 19.0. The molecule has 2 N–H and O–H groups in total. The van der Waals surface area contributed by atoms with E-state index in [1.54, 1.807) is 19.9 Å². The number of nitrogens with zero attached hydrogens (tertiary/aromatic N) is 1. The number of allylic oxidation sites excluding steroid dienone is 1. The molecule has 2 aromatic rings. The molecule has 0 aliphatic carbocycles. The number of ether oxygens (including phenoxy) is 2. The molecule has 34 heavy (non-hydrogen) atoms. The van der Waals surface area contributed by atoms with Gasteiger partial charge >= 0.3 is 11.9 Å². The first kappa shape index (κ1) is 23.8. The van der Waals surface area contributed by atoms with Gasteiger partial charge in [0.2, 0.25) is 5.91 Å². The van der Waals surface area contributed by atoms with Crippen LogP contribution in [0.5, 0.6) is 0 Å². The minimum atomic E-state index is -0.679. The Hall–Kier alpha value is -3.36. The second kappa shape index (κ2) is 10.3. The van der Waals surface area contributed by atoms with Crippen LogP contribution in [0.15, 0.2) is 83.6 Å². The zero-order chi connectivity index (χ0) is 24.2. The van der Waals surface area contributed by atoms with Crippen molar-refractivity contribution in [2.24, 2.45) is 5.73 Å². The molecule has 2 atom stereocenters. The Morgan fingerprint density at radius 3 is 2.26 bits per heavy atom. The Balaban J connectivity index is 1.66. The van der Waals surface area contributed by atoms with Crippen molar-refractivity contribution in [2.45, 2.75) is 31.4 Å². The highest BCUT2D eigenvalue weighted by Crippen LogP contribution is 2.40. The van der Waals surface area contributed by atoms with Gasteiger partial charge < -0.3 is 15.2 Å². The number of nitrogens with two attached hydrogens (primary N) is 1. The lowest BCUT2D eigenvalue weighted by atomic mass is 10.0. The molecule has 0 saturated carbocycles. The first-order chi connectivity index (χ1) is 16.4. The molecule has 7 nitrogen and oxygen atoms in total. The van der Waals surface area contributed by atoms with Crippen LogP contribution in [-0.2, 0) is 23.9 Å². The number of hydrogen-bond donors (Lipinski definition) is 1. The summed E-state index contributed by atoms with van der Waals surface area (Å²) >= 11 is 1.44. The number of β-lactam (4-membered cyclic amide) rings is 1. The van der Waals surface area contributed by atoms with Gasteiger partial charge in [-0.15, -0.1) is 11.8 Å². The van der Waals surface area contributed by atoms with Crippen LogP contribution >= 0.6 is 11.8 Å². The Labute approximate surface area is 202 Å². The number of carbonyl (C=O) groups is 3. The first-order valence-corrected chi connectivity index (χ1v) is 12.0. The Bertz CT molecular complexity index is 1110. The van der Waals surface area contributed by atoms with E-state index in [2.05, 4.69) is 0 Å².